The Hall–Kier alpha value is -2.47. The van der Waals surface area contributed by atoms with Crippen LogP contribution in [0.3, 0.4) is 0 Å². The minimum absolute atomic E-state index is 0.254. The number of rotatable bonds is 5. The molecule has 0 saturated heterocycles. The predicted octanol–water partition coefficient (Wildman–Crippen LogP) is 3.76. The Morgan fingerprint density at radius 3 is 2.67 bits per heavy atom. The van der Waals surface area contributed by atoms with Crippen molar-refractivity contribution in [1.82, 2.24) is 15.1 Å². The highest BCUT2D eigenvalue weighted by molar-refractivity contribution is 9.10. The van der Waals surface area contributed by atoms with Crippen LogP contribution in [-0.4, -0.2) is 15.7 Å². The number of benzene rings is 2. The van der Waals surface area contributed by atoms with E-state index < -0.39 is 0 Å². The highest BCUT2D eigenvalue weighted by Crippen LogP contribution is 2.18. The molecule has 1 N–H and O–H groups in total. The zero-order valence-corrected chi connectivity index (χ0v) is 14.3. The summed E-state index contributed by atoms with van der Waals surface area (Å²) in [6.07, 6.45) is 3.63. The Bertz CT molecular complexity index is 849. The number of amides is 1. The van der Waals surface area contributed by atoms with Crippen LogP contribution in [-0.2, 0) is 13.1 Å². The lowest BCUT2D eigenvalue weighted by Crippen LogP contribution is -2.24. The second-order valence-corrected chi connectivity index (χ2v) is 6.13. The molecule has 0 aliphatic carbocycles. The predicted molar refractivity (Wildman–Crippen MR) is 93.0 cm³/mol. The molecule has 0 saturated carbocycles. The van der Waals surface area contributed by atoms with Crippen molar-refractivity contribution in [2.75, 3.05) is 0 Å². The van der Waals surface area contributed by atoms with Crippen molar-refractivity contribution in [3.63, 3.8) is 0 Å². The Labute approximate surface area is 147 Å². The van der Waals surface area contributed by atoms with E-state index in [4.69, 9.17) is 0 Å². The number of carbonyl (C=O) groups excluding carboxylic acids is 1. The van der Waals surface area contributed by atoms with E-state index in [1.807, 2.05) is 41.2 Å². The number of hydrogen-bond acceptors (Lipinski definition) is 2. The molecule has 122 valence electrons. The fourth-order valence-electron chi connectivity index (χ4n) is 2.40. The lowest BCUT2D eigenvalue weighted by Gasteiger charge is -2.11. The van der Waals surface area contributed by atoms with Gasteiger partial charge < -0.3 is 5.32 Å². The first-order valence-corrected chi connectivity index (χ1v) is 8.20. The highest BCUT2D eigenvalue weighted by atomic mass is 79.9. The third-order valence-corrected chi connectivity index (χ3v) is 4.28. The summed E-state index contributed by atoms with van der Waals surface area (Å²) in [7, 11) is 0. The van der Waals surface area contributed by atoms with Gasteiger partial charge in [-0.2, -0.15) is 5.10 Å². The third kappa shape index (κ3) is 3.89. The van der Waals surface area contributed by atoms with Gasteiger partial charge in [0.05, 0.1) is 12.1 Å². The van der Waals surface area contributed by atoms with Crippen molar-refractivity contribution < 1.29 is 9.18 Å². The number of nitrogens with zero attached hydrogens (tertiary/aromatic N) is 2. The molecule has 0 atom stereocenters. The Balaban J connectivity index is 1.71. The van der Waals surface area contributed by atoms with Gasteiger partial charge in [0.25, 0.3) is 5.91 Å². The average Bonchev–Trinajstić information content (AvgIpc) is 3.07. The molecule has 2 aromatic carbocycles. The minimum atomic E-state index is -0.386. The molecular weight excluding hydrogens is 373 g/mol. The van der Waals surface area contributed by atoms with E-state index in [1.54, 1.807) is 6.20 Å². The van der Waals surface area contributed by atoms with Gasteiger partial charge in [0, 0.05) is 23.4 Å². The molecule has 3 aromatic rings. The van der Waals surface area contributed by atoms with Gasteiger partial charge in [0.15, 0.2) is 0 Å². The van der Waals surface area contributed by atoms with Gasteiger partial charge in [-0.25, -0.2) is 4.39 Å². The van der Waals surface area contributed by atoms with Gasteiger partial charge in [0.2, 0.25) is 0 Å². The maximum Gasteiger partial charge on any atom is 0.252 e. The first-order valence-electron chi connectivity index (χ1n) is 7.41. The van der Waals surface area contributed by atoms with Gasteiger partial charge in [0.1, 0.15) is 5.82 Å². The summed E-state index contributed by atoms with van der Waals surface area (Å²) in [4.78, 5) is 12.3. The molecule has 0 bridgehead atoms. The molecule has 0 aliphatic heterocycles. The molecule has 24 heavy (non-hydrogen) atoms. The van der Waals surface area contributed by atoms with E-state index in [-0.39, 0.29) is 11.7 Å². The van der Waals surface area contributed by atoms with Crippen LogP contribution in [0.15, 0.2) is 65.4 Å². The van der Waals surface area contributed by atoms with Crippen LogP contribution >= 0.6 is 15.9 Å². The average molecular weight is 388 g/mol. The zero-order valence-electron chi connectivity index (χ0n) is 12.7. The molecule has 0 fully saturated rings. The SMILES string of the molecule is O=C(NCc1ccccc1Cn1cccn1)c1ccc(F)cc1Br. The normalized spacial score (nSPS) is 10.6. The van der Waals surface area contributed by atoms with Crippen molar-refractivity contribution in [3.8, 4) is 0 Å². The summed E-state index contributed by atoms with van der Waals surface area (Å²) < 4.78 is 15.4. The summed E-state index contributed by atoms with van der Waals surface area (Å²) in [6, 6.07) is 13.8. The van der Waals surface area contributed by atoms with E-state index in [9.17, 15) is 9.18 Å². The van der Waals surface area contributed by atoms with E-state index in [0.717, 1.165) is 11.1 Å². The topological polar surface area (TPSA) is 46.9 Å². The van der Waals surface area contributed by atoms with Crippen LogP contribution in [0.25, 0.3) is 0 Å². The Morgan fingerprint density at radius 1 is 1.17 bits per heavy atom. The highest BCUT2D eigenvalue weighted by Gasteiger charge is 2.11. The van der Waals surface area contributed by atoms with Gasteiger partial charge in [-0.1, -0.05) is 24.3 Å². The molecule has 0 unspecified atom stereocenters. The van der Waals surface area contributed by atoms with E-state index in [2.05, 4.69) is 26.3 Å². The summed E-state index contributed by atoms with van der Waals surface area (Å²) >= 11 is 3.22. The lowest BCUT2D eigenvalue weighted by molar-refractivity contribution is 0.0950. The second kappa shape index (κ2) is 7.40. The number of halogens is 2. The van der Waals surface area contributed by atoms with Gasteiger partial charge in [-0.05, 0) is 51.3 Å². The molecule has 1 heterocycles. The molecule has 4 nitrogen and oxygen atoms in total. The molecule has 1 amide bonds. The second-order valence-electron chi connectivity index (χ2n) is 5.28. The molecular formula is C18H15BrFN3O. The fraction of sp³-hybridized carbons (Fsp3) is 0.111. The van der Waals surface area contributed by atoms with Crippen molar-refractivity contribution in [2.24, 2.45) is 0 Å². The summed E-state index contributed by atoms with van der Waals surface area (Å²) in [6.45, 7) is 1.03. The number of hydrogen-bond donors (Lipinski definition) is 1. The van der Waals surface area contributed by atoms with Gasteiger partial charge >= 0.3 is 0 Å². The fourth-order valence-corrected chi connectivity index (χ4v) is 2.93. The smallest absolute Gasteiger partial charge is 0.252 e. The van der Waals surface area contributed by atoms with Crippen molar-refractivity contribution in [1.29, 1.82) is 0 Å². The summed E-state index contributed by atoms with van der Waals surface area (Å²) in [5, 5.41) is 7.08. The summed E-state index contributed by atoms with van der Waals surface area (Å²) in [5.74, 6) is -0.640. The molecule has 1 aromatic heterocycles. The third-order valence-electron chi connectivity index (χ3n) is 3.63. The monoisotopic (exact) mass is 387 g/mol. The largest absolute Gasteiger partial charge is 0.348 e. The lowest BCUT2D eigenvalue weighted by atomic mass is 10.1. The van der Waals surface area contributed by atoms with E-state index in [0.29, 0.717) is 23.1 Å². The van der Waals surface area contributed by atoms with Crippen molar-refractivity contribution in [2.45, 2.75) is 13.1 Å². The summed E-state index contributed by atoms with van der Waals surface area (Å²) in [5.41, 5.74) is 2.50. The molecule has 3 rings (SSSR count). The minimum Gasteiger partial charge on any atom is -0.348 e. The standard InChI is InChI=1S/C18H15BrFN3O/c19-17-10-15(20)6-7-16(17)18(24)21-11-13-4-1-2-5-14(13)12-23-9-3-8-22-23/h1-10H,11-12H2,(H,21,24). The van der Waals surface area contributed by atoms with Gasteiger partial charge in [-0.15, -0.1) is 0 Å². The van der Waals surface area contributed by atoms with Crippen molar-refractivity contribution in [3.05, 3.63) is 87.9 Å². The van der Waals surface area contributed by atoms with Crippen molar-refractivity contribution >= 4 is 21.8 Å². The zero-order chi connectivity index (χ0) is 16.9. The van der Waals surface area contributed by atoms with Crippen LogP contribution in [0.5, 0.6) is 0 Å². The quantitative estimate of drug-likeness (QED) is 0.724. The molecule has 0 radical (unpaired) electrons. The molecule has 0 spiro atoms. The molecule has 0 aliphatic rings. The van der Waals surface area contributed by atoms with Crippen LogP contribution in [0.2, 0.25) is 0 Å². The number of carbonyl (C=O) groups is 1. The maximum atomic E-state index is 13.1. The number of nitrogens with one attached hydrogen (secondary N) is 1. The first kappa shape index (κ1) is 16.4. The van der Waals surface area contributed by atoms with Crippen LogP contribution in [0, 0.1) is 5.82 Å². The van der Waals surface area contributed by atoms with E-state index >= 15 is 0 Å². The van der Waals surface area contributed by atoms with E-state index in [1.165, 1.54) is 18.2 Å². The maximum absolute atomic E-state index is 13.1. The Kier molecular flexibility index (Phi) is 5.05. The van der Waals surface area contributed by atoms with Crippen LogP contribution in [0.4, 0.5) is 4.39 Å². The van der Waals surface area contributed by atoms with Crippen LogP contribution in [0.1, 0.15) is 21.5 Å². The van der Waals surface area contributed by atoms with Gasteiger partial charge in [-0.3, -0.25) is 9.48 Å². The Morgan fingerprint density at radius 2 is 1.96 bits per heavy atom. The van der Waals surface area contributed by atoms with Crippen LogP contribution < -0.4 is 5.32 Å². The number of aromatic nitrogens is 2. The molecule has 6 heteroatoms. The first-order chi connectivity index (χ1) is 11.6.